The number of rotatable bonds is 11. The van der Waals surface area contributed by atoms with E-state index in [1.54, 1.807) is 32.9 Å². The molecular formula is C37H53ClN12O10S2. The molecule has 2 aliphatic rings. The van der Waals surface area contributed by atoms with Crippen molar-refractivity contribution in [2.24, 2.45) is 16.6 Å². The minimum absolute atomic E-state index is 0. The van der Waals surface area contributed by atoms with Crippen LogP contribution in [0.3, 0.4) is 0 Å². The number of amides is 3. The molecule has 2 saturated heterocycles. The fourth-order valence-corrected chi connectivity index (χ4v) is 8.44. The number of primary amides is 2. The lowest BCUT2D eigenvalue weighted by Crippen LogP contribution is -2.46. The average molecular weight is 925 g/mol. The second-order valence-electron chi connectivity index (χ2n) is 15.3. The van der Waals surface area contributed by atoms with Crippen molar-refractivity contribution in [3.63, 3.8) is 0 Å². The van der Waals surface area contributed by atoms with Gasteiger partial charge >= 0.3 is 16.3 Å². The third kappa shape index (κ3) is 13.3. The van der Waals surface area contributed by atoms with Gasteiger partial charge in [-0.05, 0) is 70.7 Å². The molecule has 0 radical (unpaired) electrons. The van der Waals surface area contributed by atoms with Crippen LogP contribution in [0.1, 0.15) is 44.7 Å². The van der Waals surface area contributed by atoms with E-state index in [1.165, 1.54) is 21.3 Å². The highest BCUT2D eigenvalue weighted by Gasteiger charge is 2.30. The van der Waals surface area contributed by atoms with Gasteiger partial charge in [-0.25, -0.2) is 34.6 Å². The summed E-state index contributed by atoms with van der Waals surface area (Å²) in [6.07, 6.45) is 3.03. The third-order valence-corrected chi connectivity index (χ3v) is 11.9. The highest BCUT2D eigenvalue weighted by Crippen LogP contribution is 2.32. The van der Waals surface area contributed by atoms with Crippen molar-refractivity contribution in [2.75, 3.05) is 75.4 Å². The Morgan fingerprint density at radius 2 is 1.11 bits per heavy atom. The van der Waals surface area contributed by atoms with E-state index in [4.69, 9.17) is 30.8 Å². The van der Waals surface area contributed by atoms with Crippen LogP contribution < -0.4 is 40.6 Å². The first-order valence-electron chi connectivity index (χ1n) is 19.2. The normalized spacial score (nSPS) is 15.6. The molecule has 0 aliphatic carbocycles. The number of ether oxygens (including phenoxy) is 3. The molecule has 2 aromatic carbocycles. The first-order chi connectivity index (χ1) is 28.6. The first kappa shape index (κ1) is 49.3. The first-order valence-corrected chi connectivity index (χ1v) is 22.2. The number of nitrogens with zero attached hydrogens (tertiary/aromatic N) is 8. The molecular weight excluding hydrogens is 872 g/mol. The molecule has 3 amide bonds. The fourth-order valence-electron chi connectivity index (χ4n) is 6.64. The summed E-state index contributed by atoms with van der Waals surface area (Å²) in [7, 11) is -7.76. The van der Waals surface area contributed by atoms with Crippen molar-refractivity contribution in [3.8, 4) is 11.5 Å². The zero-order valence-electron chi connectivity index (χ0n) is 35.1. The van der Waals surface area contributed by atoms with E-state index in [1.807, 2.05) is 40.5 Å². The van der Waals surface area contributed by atoms with Crippen LogP contribution in [0.2, 0.25) is 0 Å². The van der Waals surface area contributed by atoms with Gasteiger partial charge in [0.25, 0.3) is 22.0 Å². The van der Waals surface area contributed by atoms with Crippen molar-refractivity contribution in [3.05, 3.63) is 48.0 Å². The number of carbonyl (C=O) groups is 3. The number of fused-ring (bicyclic) bond motifs is 2. The minimum Gasteiger partial charge on any atom is -0.483 e. The van der Waals surface area contributed by atoms with Gasteiger partial charge in [-0.3, -0.25) is 9.59 Å². The number of carbonyl (C=O) groups excluding carboxylic acids is 3. The predicted molar refractivity (Wildman–Crippen MR) is 233 cm³/mol. The molecule has 0 spiro atoms. The molecule has 22 nitrogen and oxygen atoms in total. The van der Waals surface area contributed by atoms with Crippen molar-refractivity contribution in [1.29, 1.82) is 0 Å². The molecule has 0 saturated carbocycles. The van der Waals surface area contributed by atoms with Gasteiger partial charge in [-0.15, -0.1) is 12.4 Å². The van der Waals surface area contributed by atoms with Gasteiger partial charge in [0.2, 0.25) is 0 Å². The molecule has 7 N–H and O–H groups in total. The Hall–Kier alpha value is -5.40. The quantitative estimate of drug-likeness (QED) is 0.163. The lowest BCUT2D eigenvalue weighted by molar-refractivity contribution is -0.120. The molecule has 2 aromatic heterocycles. The number of hydrogen-bond acceptors (Lipinski definition) is 16. The van der Waals surface area contributed by atoms with Crippen LogP contribution in [-0.2, 0) is 34.7 Å². The predicted octanol–water partition coefficient (Wildman–Crippen LogP) is 1.02. The molecule has 6 rings (SSSR count). The smallest absolute Gasteiger partial charge is 0.422 e. The van der Waals surface area contributed by atoms with E-state index in [0.29, 0.717) is 80.5 Å². The summed E-state index contributed by atoms with van der Waals surface area (Å²) in [5.74, 6) is 1.28. The summed E-state index contributed by atoms with van der Waals surface area (Å²) >= 11 is 0. The summed E-state index contributed by atoms with van der Waals surface area (Å²) in [6.45, 7) is 11.3. The van der Waals surface area contributed by atoms with Gasteiger partial charge in [0.1, 0.15) is 41.4 Å². The monoisotopic (exact) mass is 924 g/mol. The van der Waals surface area contributed by atoms with Crippen LogP contribution in [0.5, 0.6) is 11.5 Å². The summed E-state index contributed by atoms with van der Waals surface area (Å²) in [6, 6.07) is 7.22. The number of benzene rings is 2. The number of aryl methyl sites for hydroxylation is 2. The Morgan fingerprint density at radius 1 is 0.677 bits per heavy atom. The van der Waals surface area contributed by atoms with Crippen molar-refractivity contribution in [1.82, 2.24) is 33.3 Å². The maximum Gasteiger partial charge on any atom is 0.422 e. The maximum atomic E-state index is 12.7. The Kier molecular flexibility index (Phi) is 16.4. The minimum atomic E-state index is -4.06. The van der Waals surface area contributed by atoms with Gasteiger partial charge < -0.3 is 35.5 Å². The molecule has 4 aromatic rings. The standard InChI is InChI=1S/C21H30N6O6S.C16H22N6O4S.ClH/c1-14-10-15-16(11-17(14)32-12-18(22)28)23-13-24-19(15)26-6-5-7-27(9-8-26)34(30,31)25-20(29)33-21(2,3)4;1-11-7-12-13(8-14(11)26-9-15(17)23)19-10-20-16(12)21-3-2-4-22(6-5-21)27(18,24)25;/h10-11,13H,5-9,12H2,1-4H3,(H2,22,28)(H,25,29);7-8,10H,2-6,9H2,1H3,(H2,17,23)(H2,18,24,25);1H. The molecule has 4 heterocycles. The van der Waals surface area contributed by atoms with E-state index in [2.05, 4.69) is 19.9 Å². The highest BCUT2D eigenvalue weighted by atomic mass is 35.5. The number of anilines is 2. The van der Waals surface area contributed by atoms with E-state index in [-0.39, 0.29) is 38.7 Å². The summed E-state index contributed by atoms with van der Waals surface area (Å²) < 4.78 is 69.0. The van der Waals surface area contributed by atoms with Crippen LogP contribution in [0.15, 0.2) is 36.9 Å². The van der Waals surface area contributed by atoms with Gasteiger partial charge in [-0.1, -0.05) is 0 Å². The lowest BCUT2D eigenvalue weighted by Gasteiger charge is -2.24. The van der Waals surface area contributed by atoms with Crippen molar-refractivity contribution >= 4 is 84.2 Å². The van der Waals surface area contributed by atoms with E-state index < -0.39 is 43.9 Å². The highest BCUT2D eigenvalue weighted by molar-refractivity contribution is 7.87. The van der Waals surface area contributed by atoms with Crippen LogP contribution in [0, 0.1) is 13.8 Å². The Bertz CT molecular complexity index is 2490. The van der Waals surface area contributed by atoms with Crippen LogP contribution in [0.25, 0.3) is 21.8 Å². The fraction of sp³-hybridized carbons (Fsp3) is 0.486. The number of hydrogen-bond donors (Lipinski definition) is 4. The Labute approximate surface area is 366 Å². The van der Waals surface area contributed by atoms with Crippen molar-refractivity contribution in [2.45, 2.75) is 53.1 Å². The van der Waals surface area contributed by atoms with E-state index >= 15 is 0 Å². The molecule has 0 unspecified atom stereocenters. The average Bonchev–Trinajstić information content (AvgIpc) is 3.58. The topological polar surface area (TPSA) is 302 Å². The molecule has 2 fully saturated rings. The largest absolute Gasteiger partial charge is 0.483 e. The van der Waals surface area contributed by atoms with Gasteiger partial charge in [0.15, 0.2) is 13.2 Å². The number of halogens is 1. The summed E-state index contributed by atoms with van der Waals surface area (Å²) in [5, 5.41) is 6.85. The lowest BCUT2D eigenvalue weighted by atomic mass is 10.1. The Balaban J connectivity index is 0.000000275. The van der Waals surface area contributed by atoms with E-state index in [9.17, 15) is 31.2 Å². The third-order valence-electron chi connectivity index (χ3n) is 9.38. The van der Waals surface area contributed by atoms with E-state index in [0.717, 1.165) is 27.7 Å². The second kappa shape index (κ2) is 20.6. The van der Waals surface area contributed by atoms with Gasteiger partial charge in [0, 0.05) is 75.3 Å². The SMILES string of the molecule is Cc1cc2c(N3CCCN(S(=O)(=O)NC(=O)OC(C)(C)C)CC3)ncnc2cc1OCC(N)=O.Cc1cc2c(N3CCCN(S(N)(=O)=O)CC3)ncnc2cc1OCC(N)=O.Cl. The molecule has 340 valence electrons. The van der Waals surface area contributed by atoms with Crippen LogP contribution in [-0.4, -0.2) is 134 Å². The van der Waals surface area contributed by atoms with Crippen LogP contribution >= 0.6 is 12.4 Å². The van der Waals surface area contributed by atoms with Gasteiger partial charge in [-0.2, -0.15) is 25.4 Å². The van der Waals surface area contributed by atoms with Crippen molar-refractivity contribution < 1.29 is 45.4 Å². The molecule has 0 bridgehead atoms. The molecule has 2 aliphatic heterocycles. The molecule has 0 atom stereocenters. The molecule has 25 heteroatoms. The Morgan fingerprint density at radius 3 is 1.53 bits per heavy atom. The van der Waals surface area contributed by atoms with Crippen LogP contribution in [0.4, 0.5) is 16.4 Å². The summed E-state index contributed by atoms with van der Waals surface area (Å²) in [4.78, 5) is 55.4. The number of aromatic nitrogens is 4. The zero-order valence-corrected chi connectivity index (χ0v) is 37.5. The number of nitrogens with one attached hydrogen (secondary N) is 1. The maximum absolute atomic E-state index is 12.7. The summed E-state index contributed by atoms with van der Waals surface area (Å²) in [5.41, 5.74) is 12.4. The van der Waals surface area contributed by atoms with Gasteiger partial charge in [0.05, 0.1) is 11.0 Å². The number of nitrogens with two attached hydrogens (primary N) is 3. The zero-order chi connectivity index (χ0) is 44.7. The second-order valence-corrected chi connectivity index (χ2v) is 18.5. The molecule has 62 heavy (non-hydrogen) atoms.